The van der Waals surface area contributed by atoms with Gasteiger partial charge in [0.25, 0.3) is 0 Å². The van der Waals surface area contributed by atoms with Gasteiger partial charge in [0.1, 0.15) is 11.6 Å². The predicted octanol–water partition coefficient (Wildman–Crippen LogP) is 3.38. The maximum absolute atomic E-state index is 13.2. The zero-order valence-corrected chi connectivity index (χ0v) is 9.77. The summed E-state index contributed by atoms with van der Waals surface area (Å²) in [5, 5.41) is 7.99. The maximum Gasteiger partial charge on any atom is 0.129 e. The quantitative estimate of drug-likeness (QED) is 0.748. The Labute approximate surface area is 103 Å². The van der Waals surface area contributed by atoms with Gasteiger partial charge in [-0.25, -0.2) is 4.39 Å². The fourth-order valence-corrected chi connectivity index (χ4v) is 2.08. The van der Waals surface area contributed by atoms with E-state index in [4.69, 9.17) is 4.74 Å². The minimum Gasteiger partial charge on any atom is -0.496 e. The summed E-state index contributed by atoms with van der Waals surface area (Å²) in [4.78, 5) is 0. The third-order valence-corrected chi connectivity index (χ3v) is 2.93. The van der Waals surface area contributed by atoms with Crippen molar-refractivity contribution in [2.45, 2.75) is 0 Å². The molecular weight excluding hydrogens is 231 g/mol. The molecule has 0 amide bonds. The van der Waals surface area contributed by atoms with E-state index >= 15 is 0 Å². The van der Waals surface area contributed by atoms with Crippen LogP contribution < -0.4 is 4.74 Å². The Kier molecular flexibility index (Phi) is 2.48. The summed E-state index contributed by atoms with van der Waals surface area (Å²) < 4.78 is 18.4. The van der Waals surface area contributed by atoms with Crippen molar-refractivity contribution in [1.82, 2.24) is 10.2 Å². The van der Waals surface area contributed by atoms with Crippen LogP contribution in [0.25, 0.3) is 22.0 Å². The molecule has 3 aromatic rings. The standard InChI is InChI=1S/C14H11FN2O/c1-18-13-7-10(15)5-6-11(13)12-4-2-3-9-8-16-17-14(9)12/h2-8H,1H3,(H,16,17). The third kappa shape index (κ3) is 1.62. The molecule has 3 rings (SSSR count). The molecule has 0 saturated heterocycles. The lowest BCUT2D eigenvalue weighted by Gasteiger charge is -2.09. The third-order valence-electron chi connectivity index (χ3n) is 2.93. The maximum atomic E-state index is 13.2. The molecule has 1 heterocycles. The normalized spacial score (nSPS) is 10.8. The first-order chi connectivity index (χ1) is 8.79. The van der Waals surface area contributed by atoms with Gasteiger partial charge in [0, 0.05) is 22.6 Å². The number of hydrogen-bond donors (Lipinski definition) is 1. The summed E-state index contributed by atoms with van der Waals surface area (Å²) in [6.45, 7) is 0. The van der Waals surface area contributed by atoms with Crippen LogP contribution in [0.1, 0.15) is 0 Å². The highest BCUT2D eigenvalue weighted by atomic mass is 19.1. The van der Waals surface area contributed by atoms with E-state index in [2.05, 4.69) is 10.2 Å². The van der Waals surface area contributed by atoms with Gasteiger partial charge in [-0.3, -0.25) is 5.10 Å². The van der Waals surface area contributed by atoms with E-state index < -0.39 is 0 Å². The molecule has 0 radical (unpaired) electrons. The van der Waals surface area contributed by atoms with Gasteiger partial charge in [0.15, 0.2) is 0 Å². The van der Waals surface area contributed by atoms with Crippen molar-refractivity contribution in [3.8, 4) is 16.9 Å². The van der Waals surface area contributed by atoms with E-state index in [-0.39, 0.29) is 5.82 Å². The predicted molar refractivity (Wildman–Crippen MR) is 68.0 cm³/mol. The SMILES string of the molecule is COc1cc(F)ccc1-c1cccc2cn[nH]c12. The number of halogens is 1. The Morgan fingerprint density at radius 1 is 1.17 bits per heavy atom. The van der Waals surface area contributed by atoms with Crippen molar-refractivity contribution < 1.29 is 9.13 Å². The van der Waals surface area contributed by atoms with Gasteiger partial charge >= 0.3 is 0 Å². The van der Waals surface area contributed by atoms with Gasteiger partial charge < -0.3 is 4.74 Å². The number of benzene rings is 2. The lowest BCUT2D eigenvalue weighted by molar-refractivity contribution is 0.413. The lowest BCUT2D eigenvalue weighted by atomic mass is 10.0. The Hall–Kier alpha value is -2.36. The van der Waals surface area contributed by atoms with Crippen LogP contribution in [0.4, 0.5) is 4.39 Å². The minimum absolute atomic E-state index is 0.313. The molecule has 3 nitrogen and oxygen atoms in total. The molecule has 0 spiro atoms. The average Bonchev–Trinajstić information content (AvgIpc) is 2.86. The minimum atomic E-state index is -0.313. The van der Waals surface area contributed by atoms with Crippen LogP contribution in [0.3, 0.4) is 0 Å². The number of para-hydroxylation sites is 1. The molecule has 4 heteroatoms. The van der Waals surface area contributed by atoms with Crippen molar-refractivity contribution in [1.29, 1.82) is 0 Å². The number of aromatic amines is 1. The molecule has 0 unspecified atom stereocenters. The molecule has 0 fully saturated rings. The van der Waals surface area contributed by atoms with E-state index in [1.807, 2.05) is 18.2 Å². The second-order valence-electron chi connectivity index (χ2n) is 3.98. The number of nitrogens with zero attached hydrogens (tertiary/aromatic N) is 1. The Morgan fingerprint density at radius 3 is 2.89 bits per heavy atom. The lowest BCUT2D eigenvalue weighted by Crippen LogP contribution is -1.90. The molecule has 18 heavy (non-hydrogen) atoms. The summed E-state index contributed by atoms with van der Waals surface area (Å²) in [5.74, 6) is 0.199. The second-order valence-corrected chi connectivity index (χ2v) is 3.98. The molecule has 2 aromatic carbocycles. The molecule has 0 atom stereocenters. The van der Waals surface area contributed by atoms with Gasteiger partial charge in [-0.1, -0.05) is 18.2 Å². The number of nitrogens with one attached hydrogen (secondary N) is 1. The monoisotopic (exact) mass is 242 g/mol. The van der Waals surface area contributed by atoms with Gasteiger partial charge in [-0.2, -0.15) is 5.10 Å². The number of hydrogen-bond acceptors (Lipinski definition) is 2. The molecule has 90 valence electrons. The number of ether oxygens (including phenoxy) is 1. The van der Waals surface area contributed by atoms with E-state index in [0.29, 0.717) is 5.75 Å². The van der Waals surface area contributed by atoms with E-state index in [0.717, 1.165) is 22.0 Å². The molecule has 0 aliphatic heterocycles. The topological polar surface area (TPSA) is 37.9 Å². The van der Waals surface area contributed by atoms with Crippen LogP contribution in [0.2, 0.25) is 0 Å². The van der Waals surface area contributed by atoms with Crippen molar-refractivity contribution in [2.75, 3.05) is 7.11 Å². The first kappa shape index (κ1) is 10.8. The molecule has 0 aliphatic carbocycles. The first-order valence-electron chi connectivity index (χ1n) is 5.55. The molecule has 0 aliphatic rings. The largest absolute Gasteiger partial charge is 0.496 e. The highest BCUT2D eigenvalue weighted by Crippen LogP contribution is 2.34. The zero-order valence-electron chi connectivity index (χ0n) is 9.77. The van der Waals surface area contributed by atoms with Crippen LogP contribution in [-0.4, -0.2) is 17.3 Å². The summed E-state index contributed by atoms with van der Waals surface area (Å²) in [6.07, 6.45) is 1.76. The van der Waals surface area contributed by atoms with Crippen LogP contribution in [-0.2, 0) is 0 Å². The number of H-pyrrole nitrogens is 1. The molecule has 0 bridgehead atoms. The van der Waals surface area contributed by atoms with Crippen LogP contribution >= 0.6 is 0 Å². The number of rotatable bonds is 2. The Bertz CT molecular complexity index is 706. The van der Waals surface area contributed by atoms with Crippen LogP contribution in [0, 0.1) is 5.82 Å². The Morgan fingerprint density at radius 2 is 2.06 bits per heavy atom. The van der Waals surface area contributed by atoms with Gasteiger partial charge in [-0.05, 0) is 12.1 Å². The highest BCUT2D eigenvalue weighted by molar-refractivity contribution is 5.94. The van der Waals surface area contributed by atoms with Crippen molar-refractivity contribution in [3.05, 3.63) is 48.4 Å². The molecule has 1 aromatic heterocycles. The second kappa shape index (κ2) is 4.14. The zero-order chi connectivity index (χ0) is 12.5. The van der Waals surface area contributed by atoms with Crippen molar-refractivity contribution in [3.63, 3.8) is 0 Å². The van der Waals surface area contributed by atoms with Crippen LogP contribution in [0.15, 0.2) is 42.6 Å². The van der Waals surface area contributed by atoms with Crippen molar-refractivity contribution in [2.24, 2.45) is 0 Å². The highest BCUT2D eigenvalue weighted by Gasteiger charge is 2.11. The number of methoxy groups -OCH3 is 1. The summed E-state index contributed by atoms with van der Waals surface area (Å²) >= 11 is 0. The number of aromatic nitrogens is 2. The van der Waals surface area contributed by atoms with E-state index in [1.54, 1.807) is 12.3 Å². The fraction of sp³-hybridized carbons (Fsp3) is 0.0714. The number of fused-ring (bicyclic) bond motifs is 1. The average molecular weight is 242 g/mol. The van der Waals surface area contributed by atoms with Crippen LogP contribution in [0.5, 0.6) is 5.75 Å². The summed E-state index contributed by atoms with van der Waals surface area (Å²) in [7, 11) is 1.53. The van der Waals surface area contributed by atoms with Gasteiger partial charge in [0.05, 0.1) is 18.8 Å². The molecular formula is C14H11FN2O. The van der Waals surface area contributed by atoms with Crippen molar-refractivity contribution >= 4 is 10.9 Å². The van der Waals surface area contributed by atoms with E-state index in [9.17, 15) is 4.39 Å². The van der Waals surface area contributed by atoms with Gasteiger partial charge in [0.2, 0.25) is 0 Å². The summed E-state index contributed by atoms with van der Waals surface area (Å²) in [5.41, 5.74) is 2.71. The smallest absolute Gasteiger partial charge is 0.129 e. The molecule has 1 N–H and O–H groups in total. The fourth-order valence-electron chi connectivity index (χ4n) is 2.08. The van der Waals surface area contributed by atoms with E-state index in [1.165, 1.54) is 19.2 Å². The summed E-state index contributed by atoms with van der Waals surface area (Å²) in [6, 6.07) is 10.4. The Balaban J connectivity index is 2.29. The first-order valence-corrected chi connectivity index (χ1v) is 5.55. The van der Waals surface area contributed by atoms with Gasteiger partial charge in [-0.15, -0.1) is 0 Å². The molecule has 0 saturated carbocycles.